The molecule has 0 saturated carbocycles. The van der Waals surface area contributed by atoms with E-state index in [2.05, 4.69) is 60.4 Å². The van der Waals surface area contributed by atoms with E-state index in [0.717, 1.165) is 87.1 Å². The highest BCUT2D eigenvalue weighted by Crippen LogP contribution is 2.61. The van der Waals surface area contributed by atoms with Crippen molar-refractivity contribution in [1.29, 1.82) is 0 Å². The number of nitrogens with zero attached hydrogens (tertiary/aromatic N) is 1. The highest BCUT2D eigenvalue weighted by molar-refractivity contribution is 6.09. The highest BCUT2D eigenvalue weighted by Gasteiger charge is 2.48. The van der Waals surface area contributed by atoms with Crippen LogP contribution in [-0.2, 0) is 15.9 Å². The van der Waals surface area contributed by atoms with E-state index in [0.29, 0.717) is 48.4 Å². The lowest BCUT2D eigenvalue weighted by Crippen LogP contribution is -2.37. The van der Waals surface area contributed by atoms with Gasteiger partial charge in [-0.15, -0.1) is 0 Å². The molecule has 0 spiro atoms. The Morgan fingerprint density at radius 2 is 1.31 bits per heavy atom. The zero-order chi connectivity index (χ0) is 37.6. The predicted octanol–water partition coefficient (Wildman–Crippen LogP) is 8.48. The SMILES string of the molecule is CCCCC1(O)c2cc(OC)c(OC)cc2-c2c1c1c(c3cc(OC)c(OC)cc23)OC(c2ccc(OC)cc2)(c2ccc(N3CCOCC3)cc2)C=C1. The molecule has 3 aliphatic rings. The number of anilines is 1. The molecule has 9 nitrogen and oxygen atoms in total. The van der Waals surface area contributed by atoms with Gasteiger partial charge in [-0.05, 0) is 83.1 Å². The van der Waals surface area contributed by atoms with E-state index >= 15 is 0 Å². The van der Waals surface area contributed by atoms with Gasteiger partial charge in [-0.25, -0.2) is 0 Å². The molecular weight excluding hydrogens is 682 g/mol. The summed E-state index contributed by atoms with van der Waals surface area (Å²) in [6.07, 6.45) is 6.47. The van der Waals surface area contributed by atoms with Gasteiger partial charge in [0.15, 0.2) is 28.6 Å². The quantitative estimate of drug-likeness (QED) is 0.144. The molecule has 8 rings (SSSR count). The molecule has 54 heavy (non-hydrogen) atoms. The third kappa shape index (κ3) is 5.52. The van der Waals surface area contributed by atoms with Crippen LogP contribution >= 0.6 is 0 Å². The Balaban J connectivity index is 1.42. The number of ether oxygens (including phenoxy) is 7. The Bertz CT molecular complexity index is 2230. The fourth-order valence-corrected chi connectivity index (χ4v) is 8.49. The Hall–Kier alpha value is -5.38. The molecule has 2 atom stereocenters. The highest BCUT2D eigenvalue weighted by atomic mass is 16.5. The van der Waals surface area contributed by atoms with Crippen LogP contribution in [0.4, 0.5) is 5.69 Å². The second kappa shape index (κ2) is 14.1. The topological polar surface area (TPSA) is 88.1 Å². The molecule has 9 heteroatoms. The minimum atomic E-state index is -1.35. The van der Waals surface area contributed by atoms with Crippen LogP contribution in [0.2, 0.25) is 0 Å². The first-order valence-electron chi connectivity index (χ1n) is 18.6. The monoisotopic (exact) mass is 729 g/mol. The molecule has 5 aromatic rings. The molecule has 2 heterocycles. The molecule has 1 saturated heterocycles. The molecule has 2 aliphatic heterocycles. The number of methoxy groups -OCH3 is 5. The predicted molar refractivity (Wildman–Crippen MR) is 211 cm³/mol. The molecular formula is C45H47NO8. The van der Waals surface area contributed by atoms with Crippen molar-refractivity contribution in [3.8, 4) is 45.6 Å². The van der Waals surface area contributed by atoms with E-state index in [1.165, 1.54) is 0 Å². The second-order valence-electron chi connectivity index (χ2n) is 14.0. The minimum Gasteiger partial charge on any atom is -0.497 e. The van der Waals surface area contributed by atoms with Gasteiger partial charge in [0.05, 0.1) is 48.8 Å². The van der Waals surface area contributed by atoms with E-state index in [-0.39, 0.29) is 0 Å². The molecule has 0 bridgehead atoms. The molecule has 280 valence electrons. The van der Waals surface area contributed by atoms with Crippen LogP contribution < -0.4 is 33.3 Å². The number of hydrogen-bond acceptors (Lipinski definition) is 9. The number of benzene rings is 5. The summed E-state index contributed by atoms with van der Waals surface area (Å²) in [7, 11) is 8.19. The summed E-state index contributed by atoms with van der Waals surface area (Å²) in [6, 6.07) is 24.5. The average Bonchev–Trinajstić information content (AvgIpc) is 3.49. The number of fused-ring (bicyclic) bond motifs is 8. The van der Waals surface area contributed by atoms with Crippen molar-refractivity contribution in [3.63, 3.8) is 0 Å². The Kier molecular flexibility index (Phi) is 9.32. The normalized spacial score (nSPS) is 19.8. The maximum absolute atomic E-state index is 13.2. The molecule has 1 N–H and O–H groups in total. The van der Waals surface area contributed by atoms with E-state index in [4.69, 9.17) is 33.2 Å². The summed E-state index contributed by atoms with van der Waals surface area (Å²) >= 11 is 0. The van der Waals surface area contributed by atoms with Crippen molar-refractivity contribution in [2.45, 2.75) is 37.4 Å². The summed E-state index contributed by atoms with van der Waals surface area (Å²) < 4.78 is 42.1. The molecule has 0 amide bonds. The lowest BCUT2D eigenvalue weighted by Gasteiger charge is -2.39. The molecule has 0 aromatic heterocycles. The van der Waals surface area contributed by atoms with Crippen molar-refractivity contribution < 1.29 is 38.3 Å². The van der Waals surface area contributed by atoms with Gasteiger partial charge < -0.3 is 43.2 Å². The van der Waals surface area contributed by atoms with Gasteiger partial charge in [0, 0.05) is 46.4 Å². The Labute approximate surface area is 316 Å². The van der Waals surface area contributed by atoms with Crippen molar-refractivity contribution in [3.05, 3.63) is 107 Å². The van der Waals surface area contributed by atoms with Crippen LogP contribution in [0.1, 0.15) is 54.0 Å². The Morgan fingerprint density at radius 1 is 0.722 bits per heavy atom. The van der Waals surface area contributed by atoms with Crippen molar-refractivity contribution in [1.82, 2.24) is 0 Å². The van der Waals surface area contributed by atoms with E-state index in [1.807, 2.05) is 36.4 Å². The molecule has 2 unspecified atom stereocenters. The van der Waals surface area contributed by atoms with Crippen LogP contribution in [0.15, 0.2) is 78.9 Å². The number of hydrogen-bond donors (Lipinski definition) is 1. The van der Waals surface area contributed by atoms with Crippen LogP contribution in [0.3, 0.4) is 0 Å². The largest absolute Gasteiger partial charge is 0.497 e. The minimum absolute atomic E-state index is 0.505. The maximum atomic E-state index is 13.2. The smallest absolute Gasteiger partial charge is 0.178 e. The molecule has 1 aliphatic carbocycles. The van der Waals surface area contributed by atoms with Crippen LogP contribution in [0.5, 0.6) is 34.5 Å². The first kappa shape index (κ1) is 35.6. The summed E-state index contributed by atoms with van der Waals surface area (Å²) in [6.45, 7) is 5.24. The Morgan fingerprint density at radius 3 is 1.93 bits per heavy atom. The lowest BCUT2D eigenvalue weighted by molar-refractivity contribution is 0.0718. The standard InChI is InChI=1S/C45H47NO8/c1-7-8-18-44(47)36-27-40(52-6)39(51-5)26-35(36)41-33-24-37(49-3)38(50-4)25-34(33)43-32(42(41)44)17-19-45(54-43,29-11-15-31(48-2)16-12-29)28-9-13-30(14-10-28)46-20-22-53-23-21-46/h9-17,19,24-27,47H,7-8,18,20-23H2,1-6H3. The van der Waals surface area contributed by atoms with Gasteiger partial charge in [-0.1, -0.05) is 50.1 Å². The van der Waals surface area contributed by atoms with Crippen LogP contribution in [0, 0.1) is 0 Å². The van der Waals surface area contributed by atoms with Crippen LogP contribution in [0.25, 0.3) is 28.0 Å². The summed E-state index contributed by atoms with van der Waals surface area (Å²) in [5, 5.41) is 14.9. The van der Waals surface area contributed by atoms with Gasteiger partial charge in [0.25, 0.3) is 0 Å². The third-order valence-electron chi connectivity index (χ3n) is 11.3. The van der Waals surface area contributed by atoms with Crippen molar-refractivity contribution >= 4 is 22.5 Å². The average molecular weight is 730 g/mol. The number of morpholine rings is 1. The van der Waals surface area contributed by atoms with E-state index in [1.54, 1.807) is 35.5 Å². The number of rotatable bonds is 11. The third-order valence-corrected chi connectivity index (χ3v) is 11.3. The van der Waals surface area contributed by atoms with Gasteiger partial charge in [0.2, 0.25) is 0 Å². The first-order chi connectivity index (χ1) is 26.3. The first-order valence-corrected chi connectivity index (χ1v) is 18.6. The van der Waals surface area contributed by atoms with Crippen molar-refractivity contribution in [2.75, 3.05) is 66.8 Å². The number of unbranched alkanes of at least 4 members (excludes halogenated alkanes) is 1. The van der Waals surface area contributed by atoms with Crippen LogP contribution in [-0.4, -0.2) is 67.0 Å². The lowest BCUT2D eigenvalue weighted by atomic mass is 9.79. The van der Waals surface area contributed by atoms with Gasteiger partial charge >= 0.3 is 0 Å². The van der Waals surface area contributed by atoms with Gasteiger partial charge in [-0.2, -0.15) is 0 Å². The fourth-order valence-electron chi connectivity index (χ4n) is 8.49. The number of aliphatic hydroxyl groups is 1. The van der Waals surface area contributed by atoms with E-state index < -0.39 is 11.2 Å². The maximum Gasteiger partial charge on any atom is 0.178 e. The summed E-state index contributed by atoms with van der Waals surface area (Å²) in [4.78, 5) is 2.34. The molecule has 5 aromatic carbocycles. The molecule has 0 radical (unpaired) electrons. The summed E-state index contributed by atoms with van der Waals surface area (Å²) in [5.74, 6) is 3.68. The van der Waals surface area contributed by atoms with Gasteiger partial charge in [0.1, 0.15) is 17.1 Å². The molecule has 1 fully saturated rings. The van der Waals surface area contributed by atoms with E-state index in [9.17, 15) is 5.11 Å². The zero-order valence-electron chi connectivity index (χ0n) is 31.8. The van der Waals surface area contributed by atoms with Gasteiger partial charge in [-0.3, -0.25) is 0 Å². The zero-order valence-corrected chi connectivity index (χ0v) is 31.8. The second-order valence-corrected chi connectivity index (χ2v) is 14.0. The summed E-state index contributed by atoms with van der Waals surface area (Å²) in [5.41, 5.74) is 4.79. The fraction of sp³-hybridized carbons (Fsp3) is 0.333. The van der Waals surface area contributed by atoms with Crippen molar-refractivity contribution in [2.24, 2.45) is 0 Å².